The highest BCUT2D eigenvalue weighted by Gasteiger charge is 2.19. The van der Waals surface area contributed by atoms with Gasteiger partial charge in [0.1, 0.15) is 0 Å². The van der Waals surface area contributed by atoms with E-state index >= 15 is 0 Å². The monoisotopic (exact) mass is 307 g/mol. The zero-order valence-corrected chi connectivity index (χ0v) is 13.1. The molecule has 1 fully saturated rings. The lowest BCUT2D eigenvalue weighted by Gasteiger charge is -2.32. The predicted molar refractivity (Wildman–Crippen MR) is 92.5 cm³/mol. The second-order valence-electron chi connectivity index (χ2n) is 6.43. The summed E-state index contributed by atoms with van der Waals surface area (Å²) < 4.78 is 0. The number of fused-ring (bicyclic) bond motifs is 1. The van der Waals surface area contributed by atoms with Gasteiger partial charge < -0.3 is 16.0 Å². The van der Waals surface area contributed by atoms with Gasteiger partial charge in [-0.3, -0.25) is 4.79 Å². The number of piperidine rings is 1. The zero-order chi connectivity index (χ0) is 15.8. The van der Waals surface area contributed by atoms with E-state index in [1.165, 1.54) is 5.69 Å². The largest absolute Gasteiger partial charge is 0.371 e. The molecule has 23 heavy (non-hydrogen) atoms. The van der Waals surface area contributed by atoms with Crippen LogP contribution in [0.3, 0.4) is 0 Å². The Morgan fingerprint density at radius 2 is 1.70 bits per heavy atom. The average molecular weight is 307 g/mol. The molecule has 0 spiro atoms. The van der Waals surface area contributed by atoms with E-state index < -0.39 is 0 Å². The van der Waals surface area contributed by atoms with E-state index in [0.29, 0.717) is 12.6 Å². The number of nitrogens with zero attached hydrogens (tertiary/aromatic N) is 1. The van der Waals surface area contributed by atoms with Crippen molar-refractivity contribution in [3.8, 4) is 11.1 Å². The Bertz CT molecular complexity index is 731. The maximum absolute atomic E-state index is 11.8. The molecule has 3 N–H and O–H groups in total. The van der Waals surface area contributed by atoms with Crippen LogP contribution in [0, 0.1) is 0 Å². The fourth-order valence-electron chi connectivity index (χ4n) is 3.41. The third-order valence-corrected chi connectivity index (χ3v) is 4.90. The molecule has 0 atom stereocenters. The van der Waals surface area contributed by atoms with Crippen molar-refractivity contribution >= 4 is 11.6 Å². The summed E-state index contributed by atoms with van der Waals surface area (Å²) in [6.45, 7) is 2.70. The molecular formula is C19H21N3O. The standard InChI is InChI=1S/C19H21N3O/c20-16-7-9-22(10-8-16)17-5-3-13(4-6-17)14-1-2-15-12-21-19(23)18(15)11-14/h1-6,11,16H,7-10,12,20H2,(H,21,23). The van der Waals surface area contributed by atoms with Crippen molar-refractivity contribution < 1.29 is 4.79 Å². The molecule has 0 radical (unpaired) electrons. The van der Waals surface area contributed by atoms with Crippen LogP contribution in [0.2, 0.25) is 0 Å². The summed E-state index contributed by atoms with van der Waals surface area (Å²) in [4.78, 5) is 14.2. The first-order chi connectivity index (χ1) is 11.2. The van der Waals surface area contributed by atoms with Gasteiger partial charge in [-0.25, -0.2) is 0 Å². The molecule has 2 heterocycles. The summed E-state index contributed by atoms with van der Waals surface area (Å²) in [5.74, 6) is 0.0307. The summed E-state index contributed by atoms with van der Waals surface area (Å²) in [5, 5.41) is 2.86. The molecule has 1 amide bonds. The molecule has 2 aromatic carbocycles. The van der Waals surface area contributed by atoms with Gasteiger partial charge in [-0.2, -0.15) is 0 Å². The van der Waals surface area contributed by atoms with Crippen LogP contribution in [0.1, 0.15) is 28.8 Å². The Balaban J connectivity index is 1.57. The summed E-state index contributed by atoms with van der Waals surface area (Å²) >= 11 is 0. The zero-order valence-electron chi connectivity index (χ0n) is 13.1. The minimum Gasteiger partial charge on any atom is -0.371 e. The molecule has 0 aliphatic carbocycles. The molecule has 0 saturated carbocycles. The minimum absolute atomic E-state index is 0.0307. The normalized spacial score (nSPS) is 18.0. The van der Waals surface area contributed by atoms with Gasteiger partial charge in [-0.15, -0.1) is 0 Å². The number of hydrogen-bond donors (Lipinski definition) is 2. The van der Waals surface area contributed by atoms with Crippen LogP contribution >= 0.6 is 0 Å². The second-order valence-corrected chi connectivity index (χ2v) is 6.43. The average Bonchev–Trinajstić information content (AvgIpc) is 2.96. The Kier molecular flexibility index (Phi) is 3.54. The molecule has 1 saturated heterocycles. The van der Waals surface area contributed by atoms with Crippen molar-refractivity contribution in [2.75, 3.05) is 18.0 Å². The Labute approximate surface area is 136 Å². The van der Waals surface area contributed by atoms with Crippen LogP contribution in [0.15, 0.2) is 42.5 Å². The fourth-order valence-corrected chi connectivity index (χ4v) is 3.41. The van der Waals surface area contributed by atoms with E-state index in [-0.39, 0.29) is 5.91 Å². The van der Waals surface area contributed by atoms with E-state index in [2.05, 4.69) is 40.5 Å². The Morgan fingerprint density at radius 1 is 1.00 bits per heavy atom. The molecule has 118 valence electrons. The van der Waals surface area contributed by atoms with Gasteiger partial charge in [0.15, 0.2) is 0 Å². The Morgan fingerprint density at radius 3 is 2.43 bits per heavy atom. The summed E-state index contributed by atoms with van der Waals surface area (Å²) in [6.07, 6.45) is 2.11. The highest BCUT2D eigenvalue weighted by molar-refractivity contribution is 5.99. The third kappa shape index (κ3) is 2.70. The lowest BCUT2D eigenvalue weighted by molar-refractivity contribution is 0.0966. The van der Waals surface area contributed by atoms with Gasteiger partial charge in [0.25, 0.3) is 5.91 Å². The number of nitrogens with two attached hydrogens (primary N) is 1. The molecular weight excluding hydrogens is 286 g/mol. The van der Waals surface area contributed by atoms with Crippen molar-refractivity contribution in [1.29, 1.82) is 0 Å². The van der Waals surface area contributed by atoms with Gasteiger partial charge in [0, 0.05) is 36.9 Å². The first-order valence-electron chi connectivity index (χ1n) is 8.23. The van der Waals surface area contributed by atoms with E-state index in [4.69, 9.17) is 5.73 Å². The molecule has 2 aliphatic heterocycles. The van der Waals surface area contributed by atoms with Crippen LogP contribution < -0.4 is 16.0 Å². The SMILES string of the molecule is NC1CCN(c2ccc(-c3ccc4c(c3)C(=O)NC4)cc2)CC1. The number of carbonyl (C=O) groups excluding carboxylic acids is 1. The van der Waals surface area contributed by atoms with Crippen molar-refractivity contribution in [3.63, 3.8) is 0 Å². The molecule has 4 rings (SSSR count). The first-order valence-corrected chi connectivity index (χ1v) is 8.23. The van der Waals surface area contributed by atoms with Crippen LogP contribution in [0.4, 0.5) is 5.69 Å². The van der Waals surface area contributed by atoms with E-state index in [9.17, 15) is 4.79 Å². The summed E-state index contributed by atoms with van der Waals surface area (Å²) in [6, 6.07) is 15.1. The van der Waals surface area contributed by atoms with Crippen LogP contribution in [-0.4, -0.2) is 25.0 Å². The smallest absolute Gasteiger partial charge is 0.251 e. The number of rotatable bonds is 2. The molecule has 4 heteroatoms. The van der Waals surface area contributed by atoms with Crippen LogP contribution in [0.5, 0.6) is 0 Å². The number of carbonyl (C=O) groups is 1. The molecule has 0 unspecified atom stereocenters. The van der Waals surface area contributed by atoms with E-state index in [0.717, 1.165) is 48.2 Å². The summed E-state index contributed by atoms with van der Waals surface area (Å²) in [5.41, 5.74) is 11.3. The molecule has 4 nitrogen and oxygen atoms in total. The van der Waals surface area contributed by atoms with Crippen molar-refractivity contribution in [2.45, 2.75) is 25.4 Å². The Hall–Kier alpha value is -2.33. The quantitative estimate of drug-likeness (QED) is 0.896. The van der Waals surface area contributed by atoms with E-state index in [1.54, 1.807) is 0 Å². The van der Waals surface area contributed by atoms with Gasteiger partial charge in [0.05, 0.1) is 0 Å². The summed E-state index contributed by atoms with van der Waals surface area (Å²) in [7, 11) is 0. The predicted octanol–water partition coefficient (Wildman–Crippen LogP) is 2.52. The van der Waals surface area contributed by atoms with Crippen molar-refractivity contribution in [2.24, 2.45) is 5.73 Å². The van der Waals surface area contributed by atoms with Gasteiger partial charge in [0.2, 0.25) is 0 Å². The third-order valence-electron chi connectivity index (χ3n) is 4.90. The number of anilines is 1. The molecule has 2 aliphatic rings. The highest BCUT2D eigenvalue weighted by atomic mass is 16.1. The molecule has 2 aromatic rings. The maximum Gasteiger partial charge on any atom is 0.251 e. The van der Waals surface area contributed by atoms with Crippen molar-refractivity contribution in [3.05, 3.63) is 53.6 Å². The first kappa shape index (κ1) is 14.3. The minimum atomic E-state index is 0.0307. The van der Waals surface area contributed by atoms with Crippen LogP contribution in [0.25, 0.3) is 11.1 Å². The topological polar surface area (TPSA) is 58.4 Å². The lowest BCUT2D eigenvalue weighted by Crippen LogP contribution is -2.39. The highest BCUT2D eigenvalue weighted by Crippen LogP contribution is 2.27. The van der Waals surface area contributed by atoms with Gasteiger partial charge >= 0.3 is 0 Å². The number of nitrogens with one attached hydrogen (secondary N) is 1. The second kappa shape index (κ2) is 5.70. The fraction of sp³-hybridized carbons (Fsp3) is 0.316. The lowest BCUT2D eigenvalue weighted by atomic mass is 9.99. The molecule has 0 bridgehead atoms. The number of benzene rings is 2. The van der Waals surface area contributed by atoms with Crippen molar-refractivity contribution in [1.82, 2.24) is 5.32 Å². The molecule has 0 aromatic heterocycles. The van der Waals surface area contributed by atoms with Gasteiger partial charge in [-0.1, -0.05) is 24.3 Å². The maximum atomic E-state index is 11.8. The number of amides is 1. The number of hydrogen-bond acceptors (Lipinski definition) is 3. The van der Waals surface area contributed by atoms with Gasteiger partial charge in [-0.05, 0) is 47.7 Å². The van der Waals surface area contributed by atoms with Crippen LogP contribution in [-0.2, 0) is 6.54 Å². The van der Waals surface area contributed by atoms with E-state index in [1.807, 2.05) is 12.1 Å².